The van der Waals surface area contributed by atoms with Crippen molar-refractivity contribution in [3.05, 3.63) is 29.8 Å². The van der Waals surface area contributed by atoms with Crippen LogP contribution in [0.3, 0.4) is 0 Å². The summed E-state index contributed by atoms with van der Waals surface area (Å²) in [7, 11) is 3.90. The molecule has 170 valence electrons. The molecule has 0 spiro atoms. The number of alkyl halides is 3. The van der Waals surface area contributed by atoms with Gasteiger partial charge in [-0.1, -0.05) is 12.1 Å². The van der Waals surface area contributed by atoms with Crippen LogP contribution in [-0.4, -0.2) is 74.9 Å². The number of aliphatic imine (C=N–C) groups is 1. The third-order valence-corrected chi connectivity index (χ3v) is 5.56. The second kappa shape index (κ2) is 10.4. The van der Waals surface area contributed by atoms with E-state index in [2.05, 4.69) is 15.0 Å². The van der Waals surface area contributed by atoms with Crippen molar-refractivity contribution in [3.63, 3.8) is 0 Å². The lowest BCUT2D eigenvalue weighted by atomic mass is 9.88. The zero-order valence-corrected chi connectivity index (χ0v) is 17.8. The van der Waals surface area contributed by atoms with Gasteiger partial charge in [-0.05, 0) is 43.4 Å². The standard InChI is InChI=1S/C20H28BF3N4O3/c1-27-12-18(25-13-27)19(29)28(16-7-4-6-15(10-16)26-21-30-2)11-14-5-3-8-17(9-14)31-20(22,23)24/h3,5,8-9,13,15-16,18,21,26H,4,6-7,10-12H2,1-2H3. The van der Waals surface area contributed by atoms with Gasteiger partial charge in [0.15, 0.2) is 0 Å². The SMILES string of the molecule is COBNC1CCCC(N(Cc2cccc(OC(F)(F)F)c2)C(=O)C2CN(C)C=N2)C1. The molecule has 1 aromatic carbocycles. The third-order valence-electron chi connectivity index (χ3n) is 5.56. The number of likely N-dealkylation sites (N-methyl/N-ethyl adjacent to an activating group) is 1. The van der Waals surface area contributed by atoms with Gasteiger partial charge in [0.2, 0.25) is 5.91 Å². The maximum absolute atomic E-state index is 13.4. The summed E-state index contributed by atoms with van der Waals surface area (Å²) >= 11 is 0. The number of ether oxygens (including phenoxy) is 1. The summed E-state index contributed by atoms with van der Waals surface area (Å²) in [4.78, 5) is 21.3. The van der Waals surface area contributed by atoms with Crippen LogP contribution in [0.25, 0.3) is 0 Å². The second-order valence-corrected chi connectivity index (χ2v) is 8.04. The zero-order valence-electron chi connectivity index (χ0n) is 17.8. The van der Waals surface area contributed by atoms with Crippen LogP contribution in [0, 0.1) is 0 Å². The fourth-order valence-electron chi connectivity index (χ4n) is 4.15. The second-order valence-electron chi connectivity index (χ2n) is 8.04. The molecule has 1 N–H and O–H groups in total. The Morgan fingerprint density at radius 2 is 2.19 bits per heavy atom. The van der Waals surface area contributed by atoms with Crippen molar-refractivity contribution in [2.75, 3.05) is 20.7 Å². The van der Waals surface area contributed by atoms with Gasteiger partial charge >= 0.3 is 14.0 Å². The Labute approximate surface area is 180 Å². The molecule has 0 radical (unpaired) electrons. The van der Waals surface area contributed by atoms with Gasteiger partial charge in [0.25, 0.3) is 0 Å². The van der Waals surface area contributed by atoms with Gasteiger partial charge in [0.1, 0.15) is 11.8 Å². The fraction of sp³-hybridized carbons (Fsp3) is 0.600. The molecule has 0 bridgehead atoms. The molecule has 1 amide bonds. The topological polar surface area (TPSA) is 66.4 Å². The number of amides is 1. The Morgan fingerprint density at radius 1 is 1.39 bits per heavy atom. The minimum absolute atomic E-state index is 0.0381. The lowest BCUT2D eigenvalue weighted by Gasteiger charge is -2.39. The molecule has 0 saturated heterocycles. The number of rotatable bonds is 8. The lowest BCUT2D eigenvalue weighted by molar-refractivity contribution is -0.274. The van der Waals surface area contributed by atoms with E-state index >= 15 is 0 Å². The highest BCUT2D eigenvalue weighted by Gasteiger charge is 2.35. The van der Waals surface area contributed by atoms with Gasteiger partial charge in [0, 0.05) is 39.3 Å². The van der Waals surface area contributed by atoms with E-state index in [0.29, 0.717) is 19.7 Å². The number of hydrogen-bond acceptors (Lipinski definition) is 6. The van der Waals surface area contributed by atoms with Crippen LogP contribution < -0.4 is 9.96 Å². The Kier molecular flexibility index (Phi) is 7.82. The monoisotopic (exact) mass is 440 g/mol. The fourth-order valence-corrected chi connectivity index (χ4v) is 4.15. The molecule has 1 fully saturated rings. The van der Waals surface area contributed by atoms with Crippen LogP contribution >= 0.6 is 0 Å². The summed E-state index contributed by atoms with van der Waals surface area (Å²) in [5.41, 5.74) is 0.581. The Hall–Kier alpha value is -2.27. The normalized spacial score (nSPS) is 23.6. The van der Waals surface area contributed by atoms with Gasteiger partial charge in [-0.2, -0.15) is 0 Å². The first-order valence-electron chi connectivity index (χ1n) is 10.4. The van der Waals surface area contributed by atoms with Crippen molar-refractivity contribution >= 4 is 19.9 Å². The molecule has 7 nitrogen and oxygen atoms in total. The van der Waals surface area contributed by atoms with Crippen molar-refractivity contribution < 1.29 is 27.4 Å². The van der Waals surface area contributed by atoms with Crippen molar-refractivity contribution in [1.29, 1.82) is 0 Å². The van der Waals surface area contributed by atoms with E-state index in [4.69, 9.17) is 4.65 Å². The van der Waals surface area contributed by atoms with Crippen molar-refractivity contribution in [2.45, 2.75) is 56.7 Å². The largest absolute Gasteiger partial charge is 0.573 e. The number of carbonyl (C=O) groups excluding carboxylic acids is 1. The van der Waals surface area contributed by atoms with E-state index in [1.807, 2.05) is 11.9 Å². The van der Waals surface area contributed by atoms with E-state index in [-0.39, 0.29) is 30.3 Å². The number of benzene rings is 1. The lowest BCUT2D eigenvalue weighted by Crippen LogP contribution is -2.50. The summed E-state index contributed by atoms with van der Waals surface area (Å²) < 4.78 is 47.0. The average molecular weight is 440 g/mol. The molecule has 3 rings (SSSR count). The predicted molar refractivity (Wildman–Crippen MR) is 112 cm³/mol. The minimum Gasteiger partial charge on any atom is -0.427 e. The van der Waals surface area contributed by atoms with E-state index in [1.54, 1.807) is 24.4 Å². The third kappa shape index (κ3) is 6.86. The van der Waals surface area contributed by atoms with Crippen LogP contribution in [0.15, 0.2) is 29.3 Å². The van der Waals surface area contributed by atoms with Crippen molar-refractivity contribution in [3.8, 4) is 5.75 Å². The highest BCUT2D eigenvalue weighted by atomic mass is 19.4. The molecule has 0 aromatic heterocycles. The van der Waals surface area contributed by atoms with E-state index in [0.717, 1.165) is 25.7 Å². The first-order valence-corrected chi connectivity index (χ1v) is 10.4. The summed E-state index contributed by atoms with van der Waals surface area (Å²) in [6, 6.07) is 5.47. The van der Waals surface area contributed by atoms with Crippen molar-refractivity contribution in [2.24, 2.45) is 4.99 Å². The average Bonchev–Trinajstić information content (AvgIpc) is 3.15. The Bertz CT molecular complexity index is 780. The van der Waals surface area contributed by atoms with Gasteiger partial charge < -0.3 is 24.4 Å². The Morgan fingerprint density at radius 3 is 2.87 bits per heavy atom. The molecule has 3 atom stereocenters. The Balaban J connectivity index is 1.78. The number of nitrogens with one attached hydrogen (secondary N) is 1. The van der Waals surface area contributed by atoms with Crippen LogP contribution in [0.4, 0.5) is 13.2 Å². The highest BCUT2D eigenvalue weighted by Crippen LogP contribution is 2.28. The predicted octanol–water partition coefficient (Wildman–Crippen LogP) is 2.07. The highest BCUT2D eigenvalue weighted by molar-refractivity contribution is 6.23. The maximum atomic E-state index is 13.4. The van der Waals surface area contributed by atoms with Crippen LogP contribution in [0.2, 0.25) is 0 Å². The summed E-state index contributed by atoms with van der Waals surface area (Å²) in [6.07, 6.45) is 0.396. The molecule has 2 aliphatic rings. The molecule has 1 aliphatic heterocycles. The van der Waals surface area contributed by atoms with E-state index in [9.17, 15) is 18.0 Å². The van der Waals surface area contributed by atoms with Crippen LogP contribution in [-0.2, 0) is 16.0 Å². The summed E-state index contributed by atoms with van der Waals surface area (Å²) in [6.45, 7) is 0.690. The molecule has 11 heteroatoms. The van der Waals surface area contributed by atoms with E-state index in [1.165, 1.54) is 18.2 Å². The molecule has 1 heterocycles. The molecular weight excluding hydrogens is 412 g/mol. The first kappa shape index (κ1) is 23.4. The number of halogens is 3. The van der Waals surface area contributed by atoms with E-state index < -0.39 is 12.4 Å². The smallest absolute Gasteiger partial charge is 0.427 e. The van der Waals surface area contributed by atoms with Gasteiger partial charge in [-0.15, -0.1) is 13.2 Å². The van der Waals surface area contributed by atoms with Gasteiger partial charge in [0.05, 0.1) is 6.34 Å². The molecule has 31 heavy (non-hydrogen) atoms. The molecule has 3 unspecified atom stereocenters. The quantitative estimate of drug-likeness (QED) is 0.628. The summed E-state index contributed by atoms with van der Waals surface area (Å²) in [5, 5.41) is 3.33. The van der Waals surface area contributed by atoms with Gasteiger partial charge in [-0.3, -0.25) is 9.79 Å². The number of carbonyl (C=O) groups is 1. The molecule has 1 saturated carbocycles. The van der Waals surface area contributed by atoms with Crippen molar-refractivity contribution in [1.82, 2.24) is 15.0 Å². The molecule has 1 aliphatic carbocycles. The summed E-state index contributed by atoms with van der Waals surface area (Å²) in [5.74, 6) is -0.403. The number of nitrogens with zero attached hydrogens (tertiary/aromatic N) is 3. The van der Waals surface area contributed by atoms with Crippen LogP contribution in [0.5, 0.6) is 5.75 Å². The van der Waals surface area contributed by atoms with Crippen LogP contribution in [0.1, 0.15) is 31.2 Å². The molecule has 1 aromatic rings. The zero-order chi connectivity index (χ0) is 22.4. The number of hydrogen-bond donors (Lipinski definition) is 1. The minimum atomic E-state index is -4.76. The van der Waals surface area contributed by atoms with Gasteiger partial charge in [-0.25, -0.2) is 0 Å². The molecular formula is C20H28BF3N4O3. The maximum Gasteiger partial charge on any atom is 0.573 e. The first-order chi connectivity index (χ1) is 14.7.